The Morgan fingerprint density at radius 1 is 1.42 bits per heavy atom. The van der Waals surface area contributed by atoms with Crippen molar-refractivity contribution in [3.63, 3.8) is 0 Å². The Morgan fingerprint density at radius 3 is 2.53 bits per heavy atom. The Bertz CT molecular complexity index is 503. The third kappa shape index (κ3) is 9.01. The number of nitrogens with zero attached hydrogens (tertiary/aromatic N) is 1. The van der Waals surface area contributed by atoms with Crippen LogP contribution in [-0.4, -0.2) is 30.8 Å². The minimum atomic E-state index is -4.14. The summed E-state index contributed by atoms with van der Waals surface area (Å²) in [5.74, 6) is -0.604. The molecule has 1 aromatic carbocycles. The number of hydrogen-bond acceptors (Lipinski definition) is 5. The summed E-state index contributed by atoms with van der Waals surface area (Å²) < 4.78 is 34.5. The zero-order chi connectivity index (χ0) is 13.6. The molecule has 0 aliphatic carbocycles. The number of ether oxygens (including phenoxy) is 1. The van der Waals surface area contributed by atoms with E-state index in [-0.39, 0.29) is 36.2 Å². The van der Waals surface area contributed by atoms with E-state index in [1.54, 1.807) is 24.3 Å². The molecule has 0 heterocycles. The van der Waals surface area contributed by atoms with Gasteiger partial charge in [0.2, 0.25) is 0 Å². The summed E-state index contributed by atoms with van der Waals surface area (Å²) in [5.41, 5.74) is 0.809. The maximum Gasteiger partial charge on any atom is 1.00 e. The molecule has 8 heteroatoms. The molecule has 1 atom stereocenters. The maximum atomic E-state index is 11.2. The van der Waals surface area contributed by atoms with Crippen LogP contribution in [-0.2, 0) is 21.5 Å². The molecular weight excluding hydrogens is 281 g/mol. The molecule has 0 saturated carbocycles. The van der Waals surface area contributed by atoms with Gasteiger partial charge in [0.15, 0.2) is 0 Å². The second kappa shape index (κ2) is 8.55. The Labute approximate surface area is 134 Å². The van der Waals surface area contributed by atoms with Crippen LogP contribution in [0.15, 0.2) is 35.3 Å². The first-order valence-corrected chi connectivity index (χ1v) is 6.84. The zero-order valence-corrected chi connectivity index (χ0v) is 13.6. The fourth-order valence-electron chi connectivity index (χ4n) is 1.28. The molecule has 1 N–H and O–H groups in total. The average Bonchev–Trinajstić information content (AvgIpc) is 2.25. The maximum absolute atomic E-state index is 11.2. The molecule has 0 amide bonds. The van der Waals surface area contributed by atoms with E-state index in [1.165, 1.54) is 6.92 Å². The minimum absolute atomic E-state index is 0. The summed E-state index contributed by atoms with van der Waals surface area (Å²) in [6.45, 7) is 1.47. The minimum Gasteiger partial charge on any atom is -0.596 e. The van der Waals surface area contributed by atoms with Gasteiger partial charge in [0.05, 0.1) is 11.8 Å². The molecule has 1 aromatic rings. The fraction of sp³-hybridized carbons (Fsp3) is 0.364. The molecule has 0 spiro atoms. The van der Waals surface area contributed by atoms with Crippen LogP contribution in [0.25, 0.3) is 0 Å². The first-order chi connectivity index (χ1) is 8.37. The molecule has 0 aliphatic rings. The van der Waals surface area contributed by atoms with Gasteiger partial charge in [0, 0.05) is 6.61 Å². The van der Waals surface area contributed by atoms with Crippen molar-refractivity contribution in [2.45, 2.75) is 19.6 Å². The summed E-state index contributed by atoms with van der Waals surface area (Å²) in [4.78, 5) is 3.48. The van der Waals surface area contributed by atoms with E-state index in [9.17, 15) is 13.5 Å². The second-order valence-corrected chi connectivity index (χ2v) is 5.26. The molecule has 0 unspecified atom stereocenters. The van der Waals surface area contributed by atoms with Gasteiger partial charge in [-0.05, 0) is 12.5 Å². The van der Waals surface area contributed by atoms with Gasteiger partial charge in [0.25, 0.3) is 10.1 Å². The van der Waals surface area contributed by atoms with Gasteiger partial charge in [-0.3, -0.25) is 9.55 Å². The monoisotopic (exact) mass is 295 g/mol. The summed E-state index contributed by atoms with van der Waals surface area (Å²) in [7, 11) is -4.14. The molecule has 0 bridgehead atoms. The van der Waals surface area contributed by atoms with Crippen LogP contribution in [0.1, 0.15) is 12.5 Å². The average molecular weight is 295 g/mol. The van der Waals surface area contributed by atoms with Crippen molar-refractivity contribution >= 4 is 16.2 Å². The molecule has 0 radical (unpaired) electrons. The van der Waals surface area contributed by atoms with Crippen molar-refractivity contribution in [1.82, 2.24) is 0 Å². The van der Waals surface area contributed by atoms with Gasteiger partial charge in [-0.1, -0.05) is 30.3 Å². The van der Waals surface area contributed by atoms with Crippen LogP contribution in [0.2, 0.25) is 0 Å². The van der Waals surface area contributed by atoms with Crippen LogP contribution in [0, 0.1) is 0 Å². The third-order valence-electron chi connectivity index (χ3n) is 1.98. The van der Waals surface area contributed by atoms with E-state index in [1.807, 2.05) is 6.07 Å². The summed E-state index contributed by atoms with van der Waals surface area (Å²) in [6, 6.07) is 8.18. The molecule has 1 rings (SSSR count). The number of aliphatic imine (C=N–C) groups is 1. The zero-order valence-electron chi connectivity index (χ0n) is 10.8. The smallest absolute Gasteiger partial charge is 0.596 e. The van der Waals surface area contributed by atoms with Gasteiger partial charge in [-0.15, -0.1) is 0 Å². The predicted octanol–water partition coefficient (Wildman–Crippen LogP) is -2.80. The molecular formula is C11H14NNaO5S. The largest absolute Gasteiger partial charge is 1.00 e. The molecule has 0 saturated heterocycles. The summed E-state index contributed by atoms with van der Waals surface area (Å²) in [6.07, 6.45) is -0.852. The van der Waals surface area contributed by atoms with Gasteiger partial charge < -0.3 is 9.84 Å². The first kappa shape index (κ1) is 18.4. The van der Waals surface area contributed by atoms with Crippen molar-refractivity contribution < 1.29 is 52.4 Å². The SMILES string of the molecule is C[C@@H](CS(=O)(=O)O)N=C([O-])OCc1ccccc1.[Na+]. The van der Waals surface area contributed by atoms with E-state index >= 15 is 0 Å². The number of hydrogen-bond donors (Lipinski definition) is 1. The number of rotatable bonds is 5. The first-order valence-electron chi connectivity index (χ1n) is 5.23. The van der Waals surface area contributed by atoms with Crippen LogP contribution in [0.4, 0.5) is 0 Å². The van der Waals surface area contributed by atoms with E-state index in [4.69, 9.17) is 9.29 Å². The van der Waals surface area contributed by atoms with Crippen molar-refractivity contribution in [3.8, 4) is 0 Å². The molecule has 0 aromatic heterocycles. The van der Waals surface area contributed by atoms with Gasteiger partial charge >= 0.3 is 29.6 Å². The fourth-order valence-corrected chi connectivity index (χ4v) is 1.96. The Morgan fingerprint density at radius 2 is 2.00 bits per heavy atom. The normalized spacial score (nSPS) is 13.5. The molecule has 19 heavy (non-hydrogen) atoms. The summed E-state index contributed by atoms with van der Waals surface area (Å²) in [5, 5.41) is 11.2. The Hall–Kier alpha value is -0.600. The Balaban J connectivity index is 0.00000324. The molecule has 0 fully saturated rings. The number of benzene rings is 1. The van der Waals surface area contributed by atoms with Crippen LogP contribution < -0.4 is 34.7 Å². The van der Waals surface area contributed by atoms with Crippen LogP contribution >= 0.6 is 0 Å². The van der Waals surface area contributed by atoms with Crippen molar-refractivity contribution in [3.05, 3.63) is 35.9 Å². The van der Waals surface area contributed by atoms with Crippen LogP contribution in [0.5, 0.6) is 0 Å². The summed E-state index contributed by atoms with van der Waals surface area (Å²) >= 11 is 0. The molecule has 6 nitrogen and oxygen atoms in total. The molecule has 0 aliphatic heterocycles. The van der Waals surface area contributed by atoms with E-state index in [0.717, 1.165) is 5.56 Å². The standard InChI is InChI=1S/C11H15NO5S.Na/c1-9(8-18(14,15)16)12-11(13)17-7-10-5-3-2-4-6-10;/h2-6,9H,7-8H2,1H3,(H,12,13)(H,14,15,16);/q;+1/p-1/t9-;/m0./s1. The van der Waals surface area contributed by atoms with Crippen molar-refractivity contribution in [2.75, 3.05) is 5.75 Å². The second-order valence-electron chi connectivity index (χ2n) is 3.77. The van der Waals surface area contributed by atoms with Crippen molar-refractivity contribution in [2.24, 2.45) is 4.99 Å². The predicted molar refractivity (Wildman–Crippen MR) is 64.5 cm³/mol. The quantitative estimate of drug-likeness (QED) is 0.274. The van der Waals surface area contributed by atoms with Gasteiger partial charge in [-0.2, -0.15) is 8.42 Å². The van der Waals surface area contributed by atoms with E-state index in [0.29, 0.717) is 0 Å². The van der Waals surface area contributed by atoms with E-state index in [2.05, 4.69) is 4.99 Å². The Kier molecular flexibility index (Phi) is 8.28. The topological polar surface area (TPSA) is 99.0 Å². The van der Waals surface area contributed by atoms with Gasteiger partial charge in [-0.25, -0.2) is 0 Å². The van der Waals surface area contributed by atoms with Gasteiger partial charge in [0.1, 0.15) is 6.08 Å². The van der Waals surface area contributed by atoms with Crippen LogP contribution in [0.3, 0.4) is 0 Å². The third-order valence-corrected chi connectivity index (χ3v) is 2.89. The molecule has 100 valence electrons. The van der Waals surface area contributed by atoms with Crippen molar-refractivity contribution in [1.29, 1.82) is 0 Å². The van der Waals surface area contributed by atoms with E-state index < -0.39 is 28.0 Å².